The second-order valence-corrected chi connectivity index (χ2v) is 6.04. The van der Waals surface area contributed by atoms with E-state index in [1.807, 2.05) is 6.07 Å². The third kappa shape index (κ3) is 5.51. The maximum atomic E-state index is 5.43. The number of rotatable bonds is 10. The lowest BCUT2D eigenvalue weighted by Gasteiger charge is -2.21. The van der Waals surface area contributed by atoms with Crippen molar-refractivity contribution in [1.29, 1.82) is 0 Å². The van der Waals surface area contributed by atoms with E-state index in [0.717, 1.165) is 28.9 Å². The molecular formula is C17H28BrNO2. The standard InChI is InChI=1S/C17H28BrNO2/c1-5-7-8-9-10-15(19-6-2)13-11-16(20-3)17(21-4)12-14(13)18/h11-12,15,19H,5-10H2,1-4H3. The van der Waals surface area contributed by atoms with E-state index in [-0.39, 0.29) is 0 Å². The van der Waals surface area contributed by atoms with Crippen LogP contribution in [0.3, 0.4) is 0 Å². The van der Waals surface area contributed by atoms with Crippen LogP contribution in [0.2, 0.25) is 0 Å². The van der Waals surface area contributed by atoms with E-state index in [0.29, 0.717) is 6.04 Å². The highest BCUT2D eigenvalue weighted by Crippen LogP contribution is 2.37. The molecule has 0 saturated heterocycles. The fraction of sp³-hybridized carbons (Fsp3) is 0.647. The van der Waals surface area contributed by atoms with Gasteiger partial charge >= 0.3 is 0 Å². The average molecular weight is 358 g/mol. The summed E-state index contributed by atoms with van der Waals surface area (Å²) in [4.78, 5) is 0. The summed E-state index contributed by atoms with van der Waals surface area (Å²) in [6.45, 7) is 5.35. The van der Waals surface area contributed by atoms with Crippen LogP contribution in [0.1, 0.15) is 57.6 Å². The number of ether oxygens (including phenoxy) is 2. The fourth-order valence-corrected chi connectivity index (χ4v) is 3.12. The van der Waals surface area contributed by atoms with Crippen LogP contribution < -0.4 is 14.8 Å². The molecule has 0 radical (unpaired) electrons. The van der Waals surface area contributed by atoms with Crippen molar-refractivity contribution in [3.63, 3.8) is 0 Å². The Hall–Kier alpha value is -0.740. The Morgan fingerprint density at radius 2 is 1.71 bits per heavy atom. The maximum absolute atomic E-state index is 5.43. The normalized spacial score (nSPS) is 12.2. The van der Waals surface area contributed by atoms with Crippen molar-refractivity contribution in [3.05, 3.63) is 22.2 Å². The summed E-state index contributed by atoms with van der Waals surface area (Å²) in [5.41, 5.74) is 1.24. The van der Waals surface area contributed by atoms with Gasteiger partial charge in [-0.2, -0.15) is 0 Å². The summed E-state index contributed by atoms with van der Waals surface area (Å²) in [5.74, 6) is 1.54. The second kappa shape index (κ2) is 10.1. The lowest BCUT2D eigenvalue weighted by molar-refractivity contribution is 0.353. The first-order chi connectivity index (χ1) is 10.2. The number of benzene rings is 1. The maximum Gasteiger partial charge on any atom is 0.161 e. The lowest BCUT2D eigenvalue weighted by Crippen LogP contribution is -2.21. The van der Waals surface area contributed by atoms with Crippen molar-refractivity contribution in [3.8, 4) is 11.5 Å². The highest BCUT2D eigenvalue weighted by molar-refractivity contribution is 9.10. The van der Waals surface area contributed by atoms with Crippen LogP contribution in [-0.2, 0) is 0 Å². The predicted octanol–water partition coefficient (Wildman–Crippen LogP) is 5.09. The van der Waals surface area contributed by atoms with Crippen molar-refractivity contribution < 1.29 is 9.47 Å². The Balaban J connectivity index is 2.90. The Labute approximate surface area is 137 Å². The number of hydrogen-bond acceptors (Lipinski definition) is 3. The first kappa shape index (κ1) is 18.3. The highest BCUT2D eigenvalue weighted by Gasteiger charge is 2.17. The Bertz CT molecular complexity index is 423. The molecule has 0 fully saturated rings. The Morgan fingerprint density at radius 1 is 1.05 bits per heavy atom. The van der Waals surface area contributed by atoms with Crippen LogP contribution in [0, 0.1) is 0 Å². The van der Waals surface area contributed by atoms with Gasteiger partial charge in [0.2, 0.25) is 0 Å². The molecular weight excluding hydrogens is 330 g/mol. The molecule has 1 aromatic rings. The first-order valence-electron chi connectivity index (χ1n) is 7.82. The van der Waals surface area contributed by atoms with E-state index in [9.17, 15) is 0 Å². The van der Waals surface area contributed by atoms with Gasteiger partial charge in [-0.25, -0.2) is 0 Å². The van der Waals surface area contributed by atoms with Crippen molar-refractivity contribution in [2.75, 3.05) is 20.8 Å². The number of halogens is 1. The van der Waals surface area contributed by atoms with E-state index in [1.165, 1.54) is 31.2 Å². The molecule has 0 aliphatic carbocycles. The van der Waals surface area contributed by atoms with Gasteiger partial charge in [-0.05, 0) is 30.7 Å². The first-order valence-corrected chi connectivity index (χ1v) is 8.61. The van der Waals surface area contributed by atoms with Gasteiger partial charge in [-0.15, -0.1) is 0 Å². The zero-order valence-electron chi connectivity index (χ0n) is 13.7. The molecule has 21 heavy (non-hydrogen) atoms. The van der Waals surface area contributed by atoms with Gasteiger partial charge in [-0.1, -0.05) is 55.5 Å². The molecule has 3 nitrogen and oxygen atoms in total. The van der Waals surface area contributed by atoms with Crippen LogP contribution >= 0.6 is 15.9 Å². The van der Waals surface area contributed by atoms with E-state index in [2.05, 4.69) is 41.2 Å². The van der Waals surface area contributed by atoms with Gasteiger partial charge < -0.3 is 14.8 Å². The monoisotopic (exact) mass is 357 g/mol. The largest absolute Gasteiger partial charge is 0.493 e. The van der Waals surface area contributed by atoms with Crippen molar-refractivity contribution >= 4 is 15.9 Å². The number of methoxy groups -OCH3 is 2. The highest BCUT2D eigenvalue weighted by atomic mass is 79.9. The average Bonchev–Trinajstić information content (AvgIpc) is 2.50. The van der Waals surface area contributed by atoms with Crippen LogP contribution in [0.15, 0.2) is 16.6 Å². The van der Waals surface area contributed by atoms with E-state index in [1.54, 1.807) is 14.2 Å². The number of unbranched alkanes of at least 4 members (excludes halogenated alkanes) is 3. The molecule has 0 aromatic heterocycles. The third-order valence-corrected chi connectivity index (χ3v) is 4.36. The molecule has 120 valence electrons. The van der Waals surface area contributed by atoms with Gasteiger partial charge in [0.05, 0.1) is 14.2 Å². The minimum absolute atomic E-state index is 0.348. The molecule has 4 heteroatoms. The van der Waals surface area contributed by atoms with Crippen LogP contribution in [0.5, 0.6) is 11.5 Å². The molecule has 0 aliphatic rings. The van der Waals surface area contributed by atoms with Crippen molar-refractivity contribution in [2.24, 2.45) is 0 Å². The van der Waals surface area contributed by atoms with Crippen LogP contribution in [0.25, 0.3) is 0 Å². The quantitative estimate of drug-likeness (QED) is 0.591. The summed E-state index contributed by atoms with van der Waals surface area (Å²) in [6.07, 6.45) is 6.26. The van der Waals surface area contributed by atoms with E-state index < -0.39 is 0 Å². The molecule has 0 spiro atoms. The molecule has 0 amide bonds. The molecule has 1 aromatic carbocycles. The van der Waals surface area contributed by atoms with Crippen molar-refractivity contribution in [1.82, 2.24) is 5.32 Å². The van der Waals surface area contributed by atoms with Crippen molar-refractivity contribution in [2.45, 2.75) is 52.0 Å². The number of nitrogens with one attached hydrogen (secondary N) is 1. The Morgan fingerprint density at radius 3 is 2.29 bits per heavy atom. The smallest absolute Gasteiger partial charge is 0.161 e. The zero-order chi connectivity index (χ0) is 15.7. The summed E-state index contributed by atoms with van der Waals surface area (Å²) in [5, 5.41) is 3.58. The lowest BCUT2D eigenvalue weighted by atomic mass is 9.99. The topological polar surface area (TPSA) is 30.5 Å². The summed E-state index contributed by atoms with van der Waals surface area (Å²) in [7, 11) is 3.34. The second-order valence-electron chi connectivity index (χ2n) is 5.19. The van der Waals surface area contributed by atoms with Gasteiger partial charge in [0, 0.05) is 10.5 Å². The summed E-state index contributed by atoms with van der Waals surface area (Å²) in [6, 6.07) is 4.42. The third-order valence-electron chi connectivity index (χ3n) is 3.68. The van der Waals surface area contributed by atoms with Gasteiger partial charge in [0.15, 0.2) is 11.5 Å². The minimum atomic E-state index is 0.348. The fourth-order valence-electron chi connectivity index (χ4n) is 2.53. The molecule has 1 rings (SSSR count). The summed E-state index contributed by atoms with van der Waals surface area (Å²) < 4.78 is 11.8. The van der Waals surface area contributed by atoms with E-state index >= 15 is 0 Å². The molecule has 0 heterocycles. The zero-order valence-corrected chi connectivity index (χ0v) is 15.3. The molecule has 1 N–H and O–H groups in total. The Kier molecular flexibility index (Phi) is 8.77. The molecule has 0 bridgehead atoms. The van der Waals surface area contributed by atoms with E-state index in [4.69, 9.17) is 9.47 Å². The molecule has 0 aliphatic heterocycles. The molecule has 1 unspecified atom stereocenters. The van der Waals surface area contributed by atoms with Gasteiger partial charge in [0.1, 0.15) is 0 Å². The molecule has 1 atom stereocenters. The SMILES string of the molecule is CCCCCCC(NCC)c1cc(OC)c(OC)cc1Br. The van der Waals surface area contributed by atoms with Gasteiger partial charge in [-0.3, -0.25) is 0 Å². The van der Waals surface area contributed by atoms with Crippen LogP contribution in [-0.4, -0.2) is 20.8 Å². The summed E-state index contributed by atoms with van der Waals surface area (Å²) >= 11 is 3.67. The predicted molar refractivity (Wildman–Crippen MR) is 92.4 cm³/mol. The van der Waals surface area contributed by atoms with Crippen LogP contribution in [0.4, 0.5) is 0 Å². The number of hydrogen-bond donors (Lipinski definition) is 1. The molecule has 0 saturated carbocycles. The van der Waals surface area contributed by atoms with Gasteiger partial charge in [0.25, 0.3) is 0 Å². The minimum Gasteiger partial charge on any atom is -0.493 e.